The molecule has 0 aliphatic carbocycles. The molecule has 142 valence electrons. The molecule has 1 aromatic carbocycles. The molecule has 0 aromatic heterocycles. The van der Waals surface area contributed by atoms with E-state index in [1.807, 2.05) is 6.07 Å². The minimum Gasteiger partial charge on any atom is -0.465 e. The fourth-order valence-corrected chi connectivity index (χ4v) is 2.42. The van der Waals surface area contributed by atoms with Gasteiger partial charge in [-0.05, 0) is 18.2 Å². The summed E-state index contributed by atoms with van der Waals surface area (Å²) in [5.74, 6) is -1.68. The van der Waals surface area contributed by atoms with Crippen LogP contribution in [0.3, 0.4) is 0 Å². The van der Waals surface area contributed by atoms with Crippen LogP contribution >= 0.6 is 0 Å². The van der Waals surface area contributed by atoms with E-state index < -0.39 is 17.8 Å². The van der Waals surface area contributed by atoms with E-state index in [0.29, 0.717) is 26.3 Å². The maximum Gasteiger partial charge on any atom is 0.339 e. The van der Waals surface area contributed by atoms with E-state index in [1.165, 1.54) is 43.5 Å². The maximum absolute atomic E-state index is 12.4. The zero-order chi connectivity index (χ0) is 19.8. The Morgan fingerprint density at radius 2 is 1.85 bits per heavy atom. The minimum atomic E-state index is -0.639. The van der Waals surface area contributed by atoms with Crippen molar-refractivity contribution in [1.29, 1.82) is 5.26 Å². The molecule has 0 radical (unpaired) electrons. The van der Waals surface area contributed by atoms with E-state index >= 15 is 0 Å². The Morgan fingerprint density at radius 3 is 2.44 bits per heavy atom. The van der Waals surface area contributed by atoms with E-state index in [-0.39, 0.29) is 22.4 Å². The van der Waals surface area contributed by atoms with Crippen molar-refractivity contribution in [2.75, 3.05) is 45.8 Å². The van der Waals surface area contributed by atoms with Crippen LogP contribution in [0.4, 0.5) is 5.69 Å². The van der Waals surface area contributed by atoms with Gasteiger partial charge in [-0.25, -0.2) is 9.59 Å². The molecular formula is C18H19N3O6. The molecule has 0 bridgehead atoms. The molecule has 1 amide bonds. The Labute approximate surface area is 156 Å². The van der Waals surface area contributed by atoms with Crippen LogP contribution in [-0.2, 0) is 19.0 Å². The molecule has 1 fully saturated rings. The number of amides is 1. The second kappa shape index (κ2) is 9.35. The van der Waals surface area contributed by atoms with Crippen LogP contribution in [0.15, 0.2) is 30.0 Å². The average Bonchev–Trinajstić information content (AvgIpc) is 2.73. The van der Waals surface area contributed by atoms with Crippen molar-refractivity contribution >= 4 is 23.5 Å². The van der Waals surface area contributed by atoms with Gasteiger partial charge in [0.2, 0.25) is 0 Å². The first kappa shape index (κ1) is 19.9. The Hall–Kier alpha value is -3.38. The molecular weight excluding hydrogens is 354 g/mol. The largest absolute Gasteiger partial charge is 0.465 e. The second-order valence-corrected chi connectivity index (χ2v) is 5.46. The number of nitrogens with one attached hydrogen (secondary N) is 1. The zero-order valence-electron chi connectivity index (χ0n) is 15.0. The van der Waals surface area contributed by atoms with Crippen molar-refractivity contribution in [1.82, 2.24) is 4.90 Å². The quantitative estimate of drug-likeness (QED) is 0.460. The lowest BCUT2D eigenvalue weighted by atomic mass is 10.1. The third-order valence-corrected chi connectivity index (χ3v) is 3.87. The van der Waals surface area contributed by atoms with Crippen molar-refractivity contribution in [3.63, 3.8) is 0 Å². The lowest BCUT2D eigenvalue weighted by Gasteiger charge is -2.26. The molecule has 9 heteroatoms. The highest BCUT2D eigenvalue weighted by Crippen LogP contribution is 2.20. The number of hydrogen-bond acceptors (Lipinski definition) is 8. The summed E-state index contributed by atoms with van der Waals surface area (Å²) in [5, 5.41) is 12.1. The Kier molecular flexibility index (Phi) is 6.91. The van der Waals surface area contributed by atoms with Gasteiger partial charge in [-0.1, -0.05) is 0 Å². The number of hydrogen-bond donors (Lipinski definition) is 1. The van der Waals surface area contributed by atoms with E-state index in [2.05, 4.69) is 10.1 Å². The van der Waals surface area contributed by atoms with E-state index in [1.54, 1.807) is 0 Å². The summed E-state index contributed by atoms with van der Waals surface area (Å²) in [5.41, 5.74) is 0.389. The molecule has 2 rings (SSSR count). The first-order valence-corrected chi connectivity index (χ1v) is 8.06. The van der Waals surface area contributed by atoms with Gasteiger partial charge in [-0.2, -0.15) is 5.26 Å². The highest BCUT2D eigenvalue weighted by Gasteiger charge is 2.21. The van der Waals surface area contributed by atoms with Gasteiger partial charge in [0, 0.05) is 19.3 Å². The SMILES string of the molecule is COC(=O)c1ccc(C(=O)OC)c(N/C=C(/C#N)C(=O)N2CCOCC2)c1. The Morgan fingerprint density at radius 1 is 1.19 bits per heavy atom. The number of esters is 2. The van der Waals surface area contributed by atoms with Crippen LogP contribution in [0.25, 0.3) is 0 Å². The number of benzene rings is 1. The van der Waals surface area contributed by atoms with Crippen molar-refractivity contribution in [3.8, 4) is 6.07 Å². The summed E-state index contributed by atoms with van der Waals surface area (Å²) < 4.78 is 14.6. The van der Waals surface area contributed by atoms with Gasteiger partial charge in [0.15, 0.2) is 0 Å². The third kappa shape index (κ3) is 4.83. The van der Waals surface area contributed by atoms with Crippen LogP contribution in [0, 0.1) is 11.3 Å². The molecule has 0 saturated carbocycles. The highest BCUT2D eigenvalue weighted by molar-refractivity contribution is 6.00. The smallest absolute Gasteiger partial charge is 0.339 e. The number of carbonyl (C=O) groups excluding carboxylic acids is 3. The summed E-state index contributed by atoms with van der Waals surface area (Å²) >= 11 is 0. The number of morpholine rings is 1. The van der Waals surface area contributed by atoms with Crippen LogP contribution in [0.1, 0.15) is 20.7 Å². The van der Waals surface area contributed by atoms with Gasteiger partial charge in [-0.15, -0.1) is 0 Å². The van der Waals surface area contributed by atoms with E-state index in [9.17, 15) is 19.6 Å². The van der Waals surface area contributed by atoms with Crippen molar-refractivity contribution in [3.05, 3.63) is 41.1 Å². The number of methoxy groups -OCH3 is 2. The van der Waals surface area contributed by atoms with Crippen molar-refractivity contribution in [2.24, 2.45) is 0 Å². The molecule has 0 spiro atoms. The van der Waals surface area contributed by atoms with Gasteiger partial charge in [-0.3, -0.25) is 4.79 Å². The molecule has 1 aliphatic heterocycles. The van der Waals surface area contributed by atoms with Gasteiger partial charge in [0.1, 0.15) is 11.6 Å². The summed E-state index contributed by atoms with van der Waals surface area (Å²) in [7, 11) is 2.46. The number of rotatable bonds is 5. The van der Waals surface area contributed by atoms with Gasteiger partial charge < -0.3 is 24.4 Å². The molecule has 1 N–H and O–H groups in total. The summed E-state index contributed by atoms with van der Waals surface area (Å²) in [6.07, 6.45) is 1.20. The second-order valence-electron chi connectivity index (χ2n) is 5.46. The number of carbonyl (C=O) groups is 3. The number of anilines is 1. The fraction of sp³-hybridized carbons (Fsp3) is 0.333. The third-order valence-electron chi connectivity index (χ3n) is 3.87. The lowest BCUT2D eigenvalue weighted by Crippen LogP contribution is -2.41. The predicted octanol–water partition coefficient (Wildman–Crippen LogP) is 0.938. The highest BCUT2D eigenvalue weighted by atomic mass is 16.5. The molecule has 1 aromatic rings. The van der Waals surface area contributed by atoms with Crippen molar-refractivity contribution in [2.45, 2.75) is 0 Å². The summed E-state index contributed by atoms with van der Waals surface area (Å²) in [6.45, 7) is 1.60. The summed E-state index contributed by atoms with van der Waals surface area (Å²) in [4.78, 5) is 37.6. The van der Waals surface area contributed by atoms with Crippen LogP contribution < -0.4 is 5.32 Å². The molecule has 0 atom stereocenters. The van der Waals surface area contributed by atoms with Gasteiger partial charge in [0.25, 0.3) is 5.91 Å². The Balaban J connectivity index is 2.30. The molecule has 1 saturated heterocycles. The van der Waals surface area contributed by atoms with Crippen LogP contribution in [-0.4, -0.2) is 63.3 Å². The normalized spacial score (nSPS) is 14.1. The maximum atomic E-state index is 12.4. The van der Waals surface area contributed by atoms with Gasteiger partial charge in [0.05, 0.1) is 44.2 Å². The molecule has 1 aliphatic rings. The number of nitrogens with zero attached hydrogens (tertiary/aromatic N) is 2. The number of nitriles is 1. The molecule has 27 heavy (non-hydrogen) atoms. The average molecular weight is 373 g/mol. The fourth-order valence-electron chi connectivity index (χ4n) is 2.42. The predicted molar refractivity (Wildman–Crippen MR) is 93.8 cm³/mol. The van der Waals surface area contributed by atoms with E-state index in [4.69, 9.17) is 9.47 Å². The summed E-state index contributed by atoms with van der Waals surface area (Å²) in [6, 6.07) is 6.02. The van der Waals surface area contributed by atoms with Gasteiger partial charge >= 0.3 is 11.9 Å². The van der Waals surface area contributed by atoms with Crippen LogP contribution in [0.2, 0.25) is 0 Å². The molecule has 9 nitrogen and oxygen atoms in total. The van der Waals surface area contributed by atoms with E-state index in [0.717, 1.165) is 0 Å². The topological polar surface area (TPSA) is 118 Å². The zero-order valence-corrected chi connectivity index (χ0v) is 15.0. The molecule has 1 heterocycles. The Bertz CT molecular complexity index is 806. The first-order chi connectivity index (χ1) is 13.0. The minimum absolute atomic E-state index is 0.137. The number of ether oxygens (including phenoxy) is 3. The standard InChI is InChI=1S/C18H19N3O6/c1-25-17(23)12-3-4-14(18(24)26-2)15(9-12)20-11-13(10-19)16(22)21-5-7-27-8-6-21/h3-4,9,11,20H,5-8H2,1-2H3/b13-11-. The van der Waals surface area contributed by atoms with Crippen molar-refractivity contribution < 1.29 is 28.6 Å². The molecule has 0 unspecified atom stereocenters. The first-order valence-electron chi connectivity index (χ1n) is 8.06. The van der Waals surface area contributed by atoms with Crippen LogP contribution in [0.5, 0.6) is 0 Å². The lowest BCUT2D eigenvalue weighted by molar-refractivity contribution is -0.130. The monoisotopic (exact) mass is 373 g/mol.